The number of nitro benzene ring substituents is 1. The highest BCUT2D eigenvalue weighted by Gasteiger charge is 2.38. The predicted molar refractivity (Wildman–Crippen MR) is 207 cm³/mol. The normalized spacial score (nSPS) is 16.1. The Morgan fingerprint density at radius 2 is 1.61 bits per heavy atom. The minimum absolute atomic E-state index is 0.328. The minimum atomic E-state index is -4.44. The number of para-hydroxylation sites is 1. The molecule has 54 heavy (non-hydrogen) atoms. The van der Waals surface area contributed by atoms with E-state index in [0.29, 0.717) is 64.3 Å². The van der Waals surface area contributed by atoms with E-state index in [4.69, 9.17) is 9.72 Å². The second-order valence-corrected chi connectivity index (χ2v) is 16.7. The Hall–Kier alpha value is -5.12. The molecule has 6 rings (SSSR count). The number of likely N-dealkylation sites (tertiary alicyclic amines) is 1. The van der Waals surface area contributed by atoms with Crippen LogP contribution in [0.25, 0.3) is 10.9 Å². The number of pyridine rings is 1. The molecular formula is C39H47N7O7S. The lowest BCUT2D eigenvalue weighted by molar-refractivity contribution is -0.387. The molecule has 15 heteroatoms. The van der Waals surface area contributed by atoms with E-state index in [0.717, 1.165) is 38.2 Å². The van der Waals surface area contributed by atoms with Crippen LogP contribution >= 0.6 is 0 Å². The fourth-order valence-corrected chi connectivity index (χ4v) is 8.77. The van der Waals surface area contributed by atoms with Crippen molar-refractivity contribution < 1.29 is 27.7 Å². The molecule has 2 saturated heterocycles. The van der Waals surface area contributed by atoms with E-state index in [1.807, 2.05) is 76.2 Å². The third-order valence-corrected chi connectivity index (χ3v) is 11.6. The number of amides is 2. The van der Waals surface area contributed by atoms with Crippen molar-refractivity contribution in [3.8, 4) is 0 Å². The molecule has 286 valence electrons. The van der Waals surface area contributed by atoms with Gasteiger partial charge in [-0.3, -0.25) is 19.8 Å². The van der Waals surface area contributed by atoms with Crippen molar-refractivity contribution in [3.05, 3.63) is 100 Å². The van der Waals surface area contributed by atoms with Crippen molar-refractivity contribution in [3.63, 3.8) is 0 Å². The number of hydrogen-bond donors (Lipinski definition) is 1. The number of nitrogens with zero attached hydrogens (tertiary/aromatic N) is 6. The molecule has 0 atom stereocenters. The molecule has 1 N–H and O–H groups in total. The smallest absolute Gasteiger partial charge is 0.410 e. The van der Waals surface area contributed by atoms with E-state index in [9.17, 15) is 28.1 Å². The first-order valence-corrected chi connectivity index (χ1v) is 19.6. The van der Waals surface area contributed by atoms with Crippen molar-refractivity contribution in [1.29, 1.82) is 0 Å². The highest BCUT2D eigenvalue weighted by molar-refractivity contribution is 7.89. The van der Waals surface area contributed by atoms with Crippen molar-refractivity contribution in [2.75, 3.05) is 56.0 Å². The van der Waals surface area contributed by atoms with Crippen LogP contribution in [0.15, 0.2) is 83.8 Å². The molecule has 1 aromatic heterocycles. The van der Waals surface area contributed by atoms with Crippen LogP contribution in [0.5, 0.6) is 0 Å². The molecule has 14 nitrogen and oxygen atoms in total. The lowest BCUT2D eigenvalue weighted by Crippen LogP contribution is -2.50. The zero-order chi connectivity index (χ0) is 38.6. The van der Waals surface area contributed by atoms with Gasteiger partial charge in [-0.15, -0.1) is 0 Å². The van der Waals surface area contributed by atoms with Crippen molar-refractivity contribution in [2.24, 2.45) is 0 Å². The highest BCUT2D eigenvalue weighted by atomic mass is 32.2. The van der Waals surface area contributed by atoms with E-state index in [-0.39, 0.29) is 6.09 Å². The lowest BCUT2D eigenvalue weighted by atomic mass is 10.0. The predicted octanol–water partition coefficient (Wildman–Crippen LogP) is 5.80. The first kappa shape index (κ1) is 38.6. The molecule has 4 aromatic rings. The molecule has 2 aliphatic rings. The second-order valence-electron chi connectivity index (χ2n) is 14.8. The van der Waals surface area contributed by atoms with E-state index in [2.05, 4.69) is 15.1 Å². The average molecular weight is 758 g/mol. The van der Waals surface area contributed by atoms with Crippen molar-refractivity contribution in [1.82, 2.24) is 19.1 Å². The Labute approximate surface area is 315 Å². The summed E-state index contributed by atoms with van der Waals surface area (Å²) in [6, 6.07) is 22.0. The van der Waals surface area contributed by atoms with Gasteiger partial charge in [-0.05, 0) is 82.0 Å². The zero-order valence-corrected chi connectivity index (χ0v) is 31.9. The third-order valence-electron chi connectivity index (χ3n) is 9.70. The lowest BCUT2D eigenvalue weighted by Gasteiger charge is -2.37. The van der Waals surface area contributed by atoms with Gasteiger partial charge in [-0.25, -0.2) is 18.2 Å². The fourth-order valence-electron chi connectivity index (χ4n) is 6.97. The number of nitrogens with one attached hydrogen (secondary N) is 1. The molecular weight excluding hydrogens is 711 g/mol. The van der Waals surface area contributed by atoms with Gasteiger partial charge in [0, 0.05) is 69.0 Å². The van der Waals surface area contributed by atoms with Gasteiger partial charge < -0.3 is 19.9 Å². The summed E-state index contributed by atoms with van der Waals surface area (Å²) in [4.78, 5) is 47.9. The van der Waals surface area contributed by atoms with Gasteiger partial charge in [-0.1, -0.05) is 42.5 Å². The maximum Gasteiger partial charge on any atom is 0.410 e. The number of piperazine rings is 1. The van der Waals surface area contributed by atoms with Gasteiger partial charge in [0.15, 0.2) is 4.90 Å². The van der Waals surface area contributed by atoms with E-state index in [1.165, 1.54) is 18.2 Å². The van der Waals surface area contributed by atoms with Crippen LogP contribution in [-0.4, -0.2) is 102 Å². The number of fused-ring (bicyclic) bond motifs is 1. The topological polar surface area (TPSA) is 159 Å². The summed E-state index contributed by atoms with van der Waals surface area (Å²) in [6.45, 7) is 11.1. The standard InChI is InChI=1S/C39H47N7O7S/c1-28-24-36(43-20-22-44(23-21-43)38(48)53-39(2,3)4)41-33-15-14-30(25-32(28)33)40-37(47)27-45(54(51,52)35-13-9-8-12-34(35)46(49)50)31-16-18-42(19-17-31)26-29-10-6-5-7-11-29/h5-15,24-25,31H,16-23,26-27H2,1-4H3,(H,40,47). The first-order valence-electron chi connectivity index (χ1n) is 18.1. The number of benzene rings is 3. The van der Waals surface area contributed by atoms with Crippen LogP contribution in [0.1, 0.15) is 44.7 Å². The maximum absolute atomic E-state index is 14.2. The first-order chi connectivity index (χ1) is 25.7. The van der Waals surface area contributed by atoms with Crippen LogP contribution in [-0.2, 0) is 26.1 Å². The Morgan fingerprint density at radius 3 is 2.28 bits per heavy atom. The quantitative estimate of drug-likeness (QED) is 0.155. The Kier molecular flexibility index (Phi) is 11.5. The summed E-state index contributed by atoms with van der Waals surface area (Å²) < 4.78 is 35.0. The van der Waals surface area contributed by atoms with Gasteiger partial charge in [-0.2, -0.15) is 4.31 Å². The number of anilines is 2. The summed E-state index contributed by atoms with van der Waals surface area (Å²) in [5, 5.41) is 15.6. The third kappa shape index (κ3) is 9.14. The van der Waals surface area contributed by atoms with Crippen molar-refractivity contribution >= 4 is 50.1 Å². The summed E-state index contributed by atoms with van der Waals surface area (Å²) in [5.41, 5.74) is 2.18. The number of sulfonamides is 1. The monoisotopic (exact) mass is 757 g/mol. The number of aryl methyl sites for hydroxylation is 1. The molecule has 2 amide bonds. The van der Waals surface area contributed by atoms with E-state index >= 15 is 0 Å². The van der Waals surface area contributed by atoms with Gasteiger partial charge in [0.05, 0.1) is 17.0 Å². The maximum atomic E-state index is 14.2. The Morgan fingerprint density at radius 1 is 0.944 bits per heavy atom. The minimum Gasteiger partial charge on any atom is -0.444 e. The molecule has 2 fully saturated rings. The number of carbonyl (C=O) groups excluding carboxylic acids is 2. The number of ether oxygens (including phenoxy) is 1. The summed E-state index contributed by atoms with van der Waals surface area (Å²) in [6.07, 6.45) is 0.587. The fraction of sp³-hybridized carbons (Fsp3) is 0.410. The average Bonchev–Trinajstić information content (AvgIpc) is 3.14. The molecule has 2 aliphatic heterocycles. The number of hydrogen-bond acceptors (Lipinski definition) is 10. The molecule has 0 aliphatic carbocycles. The van der Waals surface area contributed by atoms with Crippen LogP contribution < -0.4 is 10.2 Å². The zero-order valence-electron chi connectivity index (χ0n) is 31.1. The van der Waals surface area contributed by atoms with Crippen LogP contribution in [0.4, 0.5) is 22.0 Å². The largest absolute Gasteiger partial charge is 0.444 e. The second kappa shape index (κ2) is 16.1. The Bertz CT molecular complexity index is 2110. The summed E-state index contributed by atoms with van der Waals surface area (Å²) >= 11 is 0. The molecule has 0 unspecified atom stereocenters. The molecule has 0 spiro atoms. The van der Waals surface area contributed by atoms with Crippen LogP contribution in [0.3, 0.4) is 0 Å². The van der Waals surface area contributed by atoms with Crippen LogP contribution in [0.2, 0.25) is 0 Å². The van der Waals surface area contributed by atoms with Crippen molar-refractivity contribution in [2.45, 2.75) is 63.6 Å². The molecule has 0 saturated carbocycles. The van der Waals surface area contributed by atoms with Crippen LogP contribution in [0, 0.1) is 17.0 Å². The van der Waals surface area contributed by atoms with Gasteiger partial charge >= 0.3 is 6.09 Å². The Balaban J connectivity index is 1.17. The number of rotatable bonds is 10. The summed E-state index contributed by atoms with van der Waals surface area (Å²) in [5.74, 6) is 0.222. The SMILES string of the molecule is Cc1cc(N2CCN(C(=O)OC(C)(C)C)CC2)nc2ccc(NC(=O)CN(C3CCN(Cc4ccccc4)CC3)S(=O)(=O)c3ccccc3[N+](=O)[O-])cc12. The van der Waals surface area contributed by atoms with E-state index < -0.39 is 49.6 Å². The number of carbonyl (C=O) groups is 2. The molecule has 3 heterocycles. The van der Waals surface area contributed by atoms with Gasteiger partial charge in [0.25, 0.3) is 15.7 Å². The van der Waals surface area contributed by atoms with E-state index in [1.54, 1.807) is 11.0 Å². The highest BCUT2D eigenvalue weighted by Crippen LogP contribution is 2.31. The number of nitro groups is 1. The molecule has 3 aromatic carbocycles. The number of piperidine rings is 1. The molecule has 0 bridgehead atoms. The van der Waals surface area contributed by atoms with Gasteiger partial charge in [0.2, 0.25) is 5.91 Å². The van der Waals surface area contributed by atoms with Gasteiger partial charge in [0.1, 0.15) is 11.4 Å². The number of aromatic nitrogens is 1. The molecule has 0 radical (unpaired) electrons. The summed E-state index contributed by atoms with van der Waals surface area (Å²) in [7, 11) is -4.44.